The van der Waals surface area contributed by atoms with Crippen molar-refractivity contribution in [1.82, 2.24) is 10.0 Å². The molecule has 6 heteroatoms. The highest BCUT2D eigenvalue weighted by Crippen LogP contribution is 2.22. The Morgan fingerprint density at radius 2 is 1.81 bits per heavy atom. The highest BCUT2D eigenvalue weighted by Gasteiger charge is 2.16. The van der Waals surface area contributed by atoms with Crippen molar-refractivity contribution in [1.29, 1.82) is 0 Å². The fourth-order valence-corrected chi connectivity index (χ4v) is 3.35. The zero-order valence-electron chi connectivity index (χ0n) is 11.8. The molecule has 5 nitrogen and oxygen atoms in total. The van der Waals surface area contributed by atoms with Crippen molar-refractivity contribution >= 4 is 26.7 Å². The van der Waals surface area contributed by atoms with Gasteiger partial charge in [0, 0.05) is 24.9 Å². The van der Waals surface area contributed by atoms with Gasteiger partial charge in [0.15, 0.2) is 0 Å². The molecule has 0 heterocycles. The molecule has 0 atom stereocenters. The van der Waals surface area contributed by atoms with Gasteiger partial charge in [0.2, 0.25) is 15.9 Å². The molecule has 0 saturated carbocycles. The molecule has 21 heavy (non-hydrogen) atoms. The third kappa shape index (κ3) is 3.80. The standard InChI is InChI=1S/C15H18N2O3S/c1-2-16-15(18)10-11-17-21(19,20)14-9-5-7-12-6-3-4-8-13(12)14/h3-9,17H,2,10-11H2,1H3,(H,16,18). The van der Waals surface area contributed by atoms with E-state index in [2.05, 4.69) is 10.0 Å². The fraction of sp³-hybridized carbons (Fsp3) is 0.267. The maximum atomic E-state index is 12.3. The fourth-order valence-electron chi connectivity index (χ4n) is 2.09. The van der Waals surface area contributed by atoms with Gasteiger partial charge in [-0.3, -0.25) is 4.79 Å². The van der Waals surface area contributed by atoms with Crippen LogP contribution in [0.1, 0.15) is 13.3 Å². The Hall–Kier alpha value is -1.92. The zero-order chi connectivity index (χ0) is 15.3. The monoisotopic (exact) mass is 306 g/mol. The number of hydrogen-bond donors (Lipinski definition) is 2. The number of fused-ring (bicyclic) bond motifs is 1. The van der Waals surface area contributed by atoms with Gasteiger partial charge in [-0.2, -0.15) is 0 Å². The van der Waals surface area contributed by atoms with E-state index in [4.69, 9.17) is 0 Å². The Kier molecular flexibility index (Phi) is 4.93. The first-order chi connectivity index (χ1) is 10.0. The number of sulfonamides is 1. The topological polar surface area (TPSA) is 75.3 Å². The van der Waals surface area contributed by atoms with Crippen LogP contribution >= 0.6 is 0 Å². The van der Waals surface area contributed by atoms with Gasteiger partial charge in [0.05, 0.1) is 4.90 Å². The minimum absolute atomic E-state index is 0.0807. The average Bonchev–Trinajstić information content (AvgIpc) is 2.46. The van der Waals surface area contributed by atoms with Gasteiger partial charge in [-0.15, -0.1) is 0 Å². The van der Waals surface area contributed by atoms with Gasteiger partial charge < -0.3 is 5.32 Å². The summed E-state index contributed by atoms with van der Waals surface area (Å²) in [4.78, 5) is 11.6. The van der Waals surface area contributed by atoms with E-state index in [0.717, 1.165) is 5.39 Å². The molecular formula is C15H18N2O3S. The normalized spacial score (nSPS) is 11.5. The highest BCUT2D eigenvalue weighted by atomic mass is 32.2. The van der Waals surface area contributed by atoms with E-state index >= 15 is 0 Å². The zero-order valence-corrected chi connectivity index (χ0v) is 12.6. The summed E-state index contributed by atoms with van der Waals surface area (Å²) in [5, 5.41) is 4.16. The smallest absolute Gasteiger partial charge is 0.241 e. The summed E-state index contributed by atoms with van der Waals surface area (Å²) >= 11 is 0. The van der Waals surface area contributed by atoms with Gasteiger partial charge >= 0.3 is 0 Å². The van der Waals surface area contributed by atoms with Gasteiger partial charge in [-0.1, -0.05) is 36.4 Å². The molecule has 0 saturated heterocycles. The Morgan fingerprint density at radius 3 is 2.57 bits per heavy atom. The third-order valence-electron chi connectivity index (χ3n) is 3.06. The van der Waals surface area contributed by atoms with E-state index in [-0.39, 0.29) is 23.8 Å². The Bertz CT molecular complexity index is 736. The average molecular weight is 306 g/mol. The lowest BCUT2D eigenvalue weighted by Crippen LogP contribution is -2.30. The van der Waals surface area contributed by atoms with Gasteiger partial charge in [0.25, 0.3) is 0 Å². The molecule has 0 aliphatic rings. The van der Waals surface area contributed by atoms with Crippen molar-refractivity contribution in [3.05, 3.63) is 42.5 Å². The van der Waals surface area contributed by atoms with E-state index in [1.807, 2.05) is 25.1 Å². The van der Waals surface area contributed by atoms with E-state index < -0.39 is 10.0 Å². The summed E-state index contributed by atoms with van der Waals surface area (Å²) in [5.74, 6) is -0.168. The van der Waals surface area contributed by atoms with Crippen molar-refractivity contribution in [2.24, 2.45) is 0 Å². The molecule has 0 aromatic heterocycles. The van der Waals surface area contributed by atoms with Crippen molar-refractivity contribution in [3.63, 3.8) is 0 Å². The summed E-state index contributed by atoms with van der Waals surface area (Å²) in [7, 11) is -3.63. The summed E-state index contributed by atoms with van der Waals surface area (Å²) in [6.07, 6.45) is 0.123. The van der Waals surface area contributed by atoms with Gasteiger partial charge in [0.1, 0.15) is 0 Å². The molecular weight excluding hydrogens is 288 g/mol. The minimum Gasteiger partial charge on any atom is -0.356 e. The van der Waals surface area contributed by atoms with Crippen LogP contribution in [0.5, 0.6) is 0 Å². The number of carbonyl (C=O) groups excluding carboxylic acids is 1. The van der Waals surface area contributed by atoms with Crippen molar-refractivity contribution in [2.75, 3.05) is 13.1 Å². The Labute approximate surface area is 124 Å². The van der Waals surface area contributed by atoms with Crippen LogP contribution in [0.15, 0.2) is 47.4 Å². The Morgan fingerprint density at radius 1 is 1.10 bits per heavy atom. The van der Waals surface area contributed by atoms with Crippen LogP contribution in [0.3, 0.4) is 0 Å². The quantitative estimate of drug-likeness (QED) is 0.852. The first kappa shape index (κ1) is 15.5. The summed E-state index contributed by atoms with van der Waals surface area (Å²) in [6.45, 7) is 2.43. The van der Waals surface area contributed by atoms with Crippen LogP contribution in [-0.4, -0.2) is 27.4 Å². The molecule has 1 amide bonds. The maximum Gasteiger partial charge on any atom is 0.241 e. The molecule has 0 radical (unpaired) electrons. The SMILES string of the molecule is CCNC(=O)CCNS(=O)(=O)c1cccc2ccccc12. The molecule has 0 unspecified atom stereocenters. The highest BCUT2D eigenvalue weighted by molar-refractivity contribution is 7.89. The summed E-state index contributed by atoms with van der Waals surface area (Å²) < 4.78 is 27.2. The second-order valence-corrected chi connectivity index (χ2v) is 6.31. The first-order valence-electron chi connectivity index (χ1n) is 6.78. The lowest BCUT2D eigenvalue weighted by Gasteiger charge is -2.09. The van der Waals surface area contributed by atoms with Crippen molar-refractivity contribution in [3.8, 4) is 0 Å². The molecule has 2 aromatic carbocycles. The van der Waals surface area contributed by atoms with Crippen LogP contribution in [0.2, 0.25) is 0 Å². The van der Waals surface area contributed by atoms with E-state index in [9.17, 15) is 13.2 Å². The molecule has 2 N–H and O–H groups in total. The van der Waals surface area contributed by atoms with Crippen LogP contribution < -0.4 is 10.0 Å². The second kappa shape index (κ2) is 6.69. The van der Waals surface area contributed by atoms with Crippen molar-refractivity contribution in [2.45, 2.75) is 18.2 Å². The number of carbonyl (C=O) groups is 1. The van der Waals surface area contributed by atoms with Crippen LogP contribution in [-0.2, 0) is 14.8 Å². The number of nitrogens with one attached hydrogen (secondary N) is 2. The predicted octanol–water partition coefficient (Wildman–Crippen LogP) is 1.64. The third-order valence-corrected chi connectivity index (χ3v) is 4.58. The van der Waals surface area contributed by atoms with E-state index in [1.165, 1.54) is 0 Å². The van der Waals surface area contributed by atoms with Crippen LogP contribution in [0, 0.1) is 0 Å². The molecule has 0 spiro atoms. The number of benzene rings is 2. The molecule has 0 fully saturated rings. The molecule has 2 rings (SSSR count). The lowest BCUT2D eigenvalue weighted by atomic mass is 10.1. The predicted molar refractivity (Wildman–Crippen MR) is 82.4 cm³/mol. The summed E-state index contributed by atoms with van der Waals surface area (Å²) in [6, 6.07) is 12.4. The maximum absolute atomic E-state index is 12.3. The molecule has 2 aromatic rings. The molecule has 0 aliphatic carbocycles. The first-order valence-corrected chi connectivity index (χ1v) is 8.27. The summed E-state index contributed by atoms with van der Waals surface area (Å²) in [5.41, 5.74) is 0. The Balaban J connectivity index is 2.17. The number of hydrogen-bond acceptors (Lipinski definition) is 3. The number of amides is 1. The van der Waals surface area contributed by atoms with Crippen LogP contribution in [0.4, 0.5) is 0 Å². The largest absolute Gasteiger partial charge is 0.356 e. The minimum atomic E-state index is -3.63. The second-order valence-electron chi connectivity index (χ2n) is 4.58. The molecule has 112 valence electrons. The van der Waals surface area contributed by atoms with Gasteiger partial charge in [-0.05, 0) is 18.4 Å². The van der Waals surface area contributed by atoms with E-state index in [1.54, 1.807) is 24.3 Å². The molecule has 0 bridgehead atoms. The van der Waals surface area contributed by atoms with Gasteiger partial charge in [-0.25, -0.2) is 13.1 Å². The lowest BCUT2D eigenvalue weighted by molar-refractivity contribution is -0.120. The van der Waals surface area contributed by atoms with Crippen molar-refractivity contribution < 1.29 is 13.2 Å². The number of rotatable bonds is 6. The van der Waals surface area contributed by atoms with E-state index in [0.29, 0.717) is 11.9 Å². The van der Waals surface area contributed by atoms with Crippen LogP contribution in [0.25, 0.3) is 10.8 Å². The molecule has 0 aliphatic heterocycles.